The van der Waals surface area contributed by atoms with E-state index in [9.17, 15) is 0 Å². The predicted octanol–water partition coefficient (Wildman–Crippen LogP) is 5.02. The Morgan fingerprint density at radius 1 is 0.826 bits per heavy atom. The van der Waals surface area contributed by atoms with Crippen molar-refractivity contribution in [3.63, 3.8) is 0 Å². The van der Waals surface area contributed by atoms with Crippen LogP contribution in [0.3, 0.4) is 0 Å². The molecule has 23 heavy (non-hydrogen) atoms. The molecular formula is C19H16ClN3. The summed E-state index contributed by atoms with van der Waals surface area (Å²) < 4.78 is 0. The van der Waals surface area contributed by atoms with Crippen molar-refractivity contribution in [2.45, 2.75) is 6.92 Å². The number of aromatic nitrogens is 3. The summed E-state index contributed by atoms with van der Waals surface area (Å²) in [6.45, 7) is 2.01. The number of para-hydroxylation sites is 1. The van der Waals surface area contributed by atoms with Gasteiger partial charge in [-0.2, -0.15) is 0 Å². The lowest BCUT2D eigenvalue weighted by Gasteiger charge is -2.08. The molecule has 114 valence electrons. The third kappa shape index (κ3) is 2.71. The molecule has 4 aromatic rings. The molecule has 3 nitrogen and oxygen atoms in total. The number of pyridine rings is 2. The number of hydrogen-bond donors (Lipinski definition) is 1. The maximum Gasteiger partial charge on any atom is 0.0726 e. The van der Waals surface area contributed by atoms with E-state index in [1.807, 2.05) is 61.9 Å². The van der Waals surface area contributed by atoms with Crippen molar-refractivity contribution in [1.29, 1.82) is 0 Å². The van der Waals surface area contributed by atoms with E-state index < -0.39 is 0 Å². The number of rotatable bonds is 2. The Balaban J connectivity index is 0.00000156. The van der Waals surface area contributed by atoms with E-state index in [0.29, 0.717) is 0 Å². The van der Waals surface area contributed by atoms with E-state index in [4.69, 9.17) is 0 Å². The second-order valence-corrected chi connectivity index (χ2v) is 5.32. The largest absolute Gasteiger partial charge is 0.366 e. The summed E-state index contributed by atoms with van der Waals surface area (Å²) >= 11 is 0. The van der Waals surface area contributed by atoms with Gasteiger partial charge in [0.05, 0.1) is 11.2 Å². The van der Waals surface area contributed by atoms with Crippen LogP contribution in [0.1, 0.15) is 5.69 Å². The first-order valence-corrected chi connectivity index (χ1v) is 7.28. The fourth-order valence-corrected chi connectivity index (χ4v) is 2.82. The van der Waals surface area contributed by atoms with Crippen molar-refractivity contribution in [3.05, 3.63) is 72.8 Å². The second-order valence-electron chi connectivity index (χ2n) is 5.32. The van der Waals surface area contributed by atoms with Gasteiger partial charge in [-0.15, -0.1) is 12.4 Å². The van der Waals surface area contributed by atoms with Crippen LogP contribution in [0.5, 0.6) is 0 Å². The molecule has 0 saturated heterocycles. The van der Waals surface area contributed by atoms with Gasteiger partial charge in [0, 0.05) is 40.8 Å². The lowest BCUT2D eigenvalue weighted by molar-refractivity contribution is 1.21. The summed E-state index contributed by atoms with van der Waals surface area (Å²) in [6.07, 6.45) is 5.89. The highest BCUT2D eigenvalue weighted by Gasteiger charge is 2.12. The first-order chi connectivity index (χ1) is 10.8. The minimum Gasteiger partial charge on any atom is -0.366 e. The van der Waals surface area contributed by atoms with Gasteiger partial charge in [0.1, 0.15) is 0 Å². The van der Waals surface area contributed by atoms with Crippen LogP contribution in [0.25, 0.3) is 33.3 Å². The molecule has 0 spiro atoms. The van der Waals surface area contributed by atoms with Gasteiger partial charge in [0.2, 0.25) is 0 Å². The molecule has 3 heterocycles. The molecule has 1 N–H and O–H groups in total. The Morgan fingerprint density at radius 2 is 1.65 bits per heavy atom. The Morgan fingerprint density at radius 3 is 2.52 bits per heavy atom. The molecule has 0 atom stereocenters. The Hall–Kier alpha value is -2.65. The Labute approximate surface area is 140 Å². The summed E-state index contributed by atoms with van der Waals surface area (Å²) in [7, 11) is 0. The Kier molecular flexibility index (Phi) is 4.13. The molecule has 0 aliphatic rings. The summed E-state index contributed by atoms with van der Waals surface area (Å²) in [4.78, 5) is 12.3. The van der Waals surface area contributed by atoms with Crippen LogP contribution in [-0.4, -0.2) is 15.0 Å². The number of nitrogens with one attached hydrogen (secondary N) is 1. The SMILES string of the molecule is Cc1cccc(-c2c[nH]cc2-c2ccnc3ccccc23)n1.Cl. The van der Waals surface area contributed by atoms with E-state index in [0.717, 1.165) is 33.4 Å². The second kappa shape index (κ2) is 6.23. The van der Waals surface area contributed by atoms with Gasteiger partial charge >= 0.3 is 0 Å². The average molecular weight is 322 g/mol. The predicted molar refractivity (Wildman–Crippen MR) is 96.7 cm³/mol. The van der Waals surface area contributed by atoms with E-state index in [1.54, 1.807) is 0 Å². The zero-order valence-electron chi connectivity index (χ0n) is 12.7. The third-order valence-corrected chi connectivity index (χ3v) is 3.85. The summed E-state index contributed by atoms with van der Waals surface area (Å²) in [5.74, 6) is 0. The molecule has 0 amide bonds. The normalized spacial score (nSPS) is 10.5. The Bertz CT molecular complexity index is 954. The highest BCUT2D eigenvalue weighted by atomic mass is 35.5. The van der Waals surface area contributed by atoms with Crippen molar-refractivity contribution in [1.82, 2.24) is 15.0 Å². The van der Waals surface area contributed by atoms with Crippen LogP contribution < -0.4 is 0 Å². The number of halogens is 1. The number of hydrogen-bond acceptors (Lipinski definition) is 2. The lowest BCUT2D eigenvalue weighted by Crippen LogP contribution is -1.88. The van der Waals surface area contributed by atoms with Crippen molar-refractivity contribution < 1.29 is 0 Å². The smallest absolute Gasteiger partial charge is 0.0726 e. The van der Waals surface area contributed by atoms with Gasteiger partial charge in [0.15, 0.2) is 0 Å². The topological polar surface area (TPSA) is 41.6 Å². The van der Waals surface area contributed by atoms with Gasteiger partial charge in [-0.3, -0.25) is 9.97 Å². The molecule has 0 bridgehead atoms. The average Bonchev–Trinajstić information content (AvgIpc) is 3.04. The standard InChI is InChI=1S/C19H15N3.ClH/c1-13-5-4-8-19(22-13)17-12-20-11-16(17)14-9-10-21-18-7-3-2-6-15(14)18;/h2-12,20H,1H3;1H. The van der Waals surface area contributed by atoms with Crippen molar-refractivity contribution in [2.75, 3.05) is 0 Å². The van der Waals surface area contributed by atoms with E-state index >= 15 is 0 Å². The molecular weight excluding hydrogens is 306 g/mol. The molecule has 0 radical (unpaired) electrons. The van der Waals surface area contributed by atoms with Gasteiger partial charge in [-0.25, -0.2) is 0 Å². The molecule has 4 heteroatoms. The van der Waals surface area contributed by atoms with Crippen LogP contribution in [0.15, 0.2) is 67.1 Å². The third-order valence-electron chi connectivity index (χ3n) is 3.85. The number of H-pyrrole nitrogens is 1. The fraction of sp³-hybridized carbons (Fsp3) is 0.0526. The first kappa shape index (κ1) is 15.3. The first-order valence-electron chi connectivity index (χ1n) is 7.28. The molecule has 0 saturated carbocycles. The molecule has 0 unspecified atom stereocenters. The molecule has 1 aromatic carbocycles. The van der Waals surface area contributed by atoms with Gasteiger partial charge in [-0.1, -0.05) is 24.3 Å². The van der Waals surface area contributed by atoms with Crippen molar-refractivity contribution >= 4 is 23.3 Å². The highest BCUT2D eigenvalue weighted by Crippen LogP contribution is 2.34. The minimum atomic E-state index is 0. The summed E-state index contributed by atoms with van der Waals surface area (Å²) in [5, 5.41) is 1.15. The number of nitrogens with zero attached hydrogens (tertiary/aromatic N) is 2. The van der Waals surface area contributed by atoms with E-state index in [1.165, 1.54) is 5.56 Å². The highest BCUT2D eigenvalue weighted by molar-refractivity contribution is 5.98. The van der Waals surface area contributed by atoms with Crippen LogP contribution in [0.4, 0.5) is 0 Å². The lowest BCUT2D eigenvalue weighted by atomic mass is 9.99. The van der Waals surface area contributed by atoms with E-state index in [2.05, 4.69) is 27.1 Å². The monoisotopic (exact) mass is 321 g/mol. The zero-order chi connectivity index (χ0) is 14.9. The van der Waals surface area contributed by atoms with Crippen molar-refractivity contribution in [2.24, 2.45) is 0 Å². The summed E-state index contributed by atoms with van der Waals surface area (Å²) in [5.41, 5.74) is 6.44. The molecule has 0 aliphatic heterocycles. The van der Waals surface area contributed by atoms with Gasteiger partial charge in [-0.05, 0) is 36.8 Å². The number of aryl methyl sites for hydroxylation is 1. The molecule has 0 fully saturated rings. The van der Waals surface area contributed by atoms with Gasteiger partial charge < -0.3 is 4.98 Å². The molecule has 0 aliphatic carbocycles. The number of benzene rings is 1. The zero-order valence-corrected chi connectivity index (χ0v) is 13.5. The summed E-state index contributed by atoms with van der Waals surface area (Å²) in [6, 6.07) is 16.4. The van der Waals surface area contributed by atoms with Crippen molar-refractivity contribution in [3.8, 4) is 22.4 Å². The van der Waals surface area contributed by atoms with Crippen LogP contribution in [0, 0.1) is 6.92 Å². The minimum absolute atomic E-state index is 0. The van der Waals surface area contributed by atoms with E-state index in [-0.39, 0.29) is 12.4 Å². The van der Waals surface area contributed by atoms with Crippen LogP contribution in [0.2, 0.25) is 0 Å². The quantitative estimate of drug-likeness (QED) is 0.563. The molecule has 4 rings (SSSR count). The van der Waals surface area contributed by atoms with Crippen LogP contribution in [-0.2, 0) is 0 Å². The maximum atomic E-state index is 4.65. The fourth-order valence-electron chi connectivity index (χ4n) is 2.82. The van der Waals surface area contributed by atoms with Gasteiger partial charge in [0.25, 0.3) is 0 Å². The maximum absolute atomic E-state index is 4.65. The number of fused-ring (bicyclic) bond motifs is 1. The molecule has 3 aromatic heterocycles. The number of aromatic amines is 1. The van der Waals surface area contributed by atoms with Crippen LogP contribution >= 0.6 is 12.4 Å².